The second-order valence-corrected chi connectivity index (χ2v) is 7.94. The van der Waals surface area contributed by atoms with Gasteiger partial charge in [0.25, 0.3) is 0 Å². The van der Waals surface area contributed by atoms with Crippen LogP contribution in [0.5, 0.6) is 0 Å². The number of carbonyl (C=O) groups is 2. The van der Waals surface area contributed by atoms with Crippen LogP contribution in [0, 0.1) is 0 Å². The number of carboxylic acids is 1. The Bertz CT molecular complexity index is 709. The van der Waals surface area contributed by atoms with Crippen molar-refractivity contribution in [2.45, 2.75) is 44.8 Å². The van der Waals surface area contributed by atoms with Crippen molar-refractivity contribution >= 4 is 12.0 Å². The quantitative estimate of drug-likeness (QED) is 0.778. The van der Waals surface area contributed by atoms with E-state index in [2.05, 4.69) is 23.5 Å². The zero-order valence-corrected chi connectivity index (χ0v) is 16.8. The third-order valence-electron chi connectivity index (χ3n) is 5.56. The predicted octanol–water partition coefficient (Wildman–Crippen LogP) is 2.05. The first-order valence-corrected chi connectivity index (χ1v) is 10.1. The van der Waals surface area contributed by atoms with Crippen LogP contribution in [0.4, 0.5) is 4.79 Å². The van der Waals surface area contributed by atoms with E-state index >= 15 is 0 Å². The first-order valence-electron chi connectivity index (χ1n) is 10.1. The summed E-state index contributed by atoms with van der Waals surface area (Å²) in [5.74, 6) is -0.869. The van der Waals surface area contributed by atoms with E-state index in [0.717, 1.165) is 18.4 Å². The molecule has 3 rings (SSSR count). The Kier molecular flexibility index (Phi) is 6.91. The van der Waals surface area contributed by atoms with E-state index in [-0.39, 0.29) is 24.7 Å². The van der Waals surface area contributed by atoms with Crippen LogP contribution in [0.1, 0.15) is 42.5 Å². The highest BCUT2D eigenvalue weighted by atomic mass is 16.5. The van der Waals surface area contributed by atoms with Crippen LogP contribution in [0.15, 0.2) is 18.2 Å². The molecule has 1 saturated heterocycles. The number of carbonyl (C=O) groups excluding carboxylic acids is 1. The van der Waals surface area contributed by atoms with Crippen LogP contribution in [0.3, 0.4) is 0 Å². The van der Waals surface area contributed by atoms with Crippen LogP contribution >= 0.6 is 0 Å². The zero-order valence-electron chi connectivity index (χ0n) is 16.8. The van der Waals surface area contributed by atoms with Gasteiger partial charge in [0.05, 0.1) is 25.3 Å². The number of carboxylic acid groups (broad SMARTS) is 1. The number of rotatable bonds is 6. The van der Waals surface area contributed by atoms with Crippen molar-refractivity contribution in [3.8, 4) is 0 Å². The van der Waals surface area contributed by atoms with Crippen molar-refractivity contribution in [1.82, 2.24) is 15.1 Å². The lowest BCUT2D eigenvalue weighted by Crippen LogP contribution is -2.52. The lowest BCUT2D eigenvalue weighted by molar-refractivity contribution is -0.138. The molecule has 1 aliphatic carbocycles. The minimum atomic E-state index is -0.869. The third-order valence-corrected chi connectivity index (χ3v) is 5.56. The van der Waals surface area contributed by atoms with Gasteiger partial charge >= 0.3 is 12.0 Å². The van der Waals surface area contributed by atoms with Crippen molar-refractivity contribution in [3.05, 3.63) is 34.9 Å². The molecule has 0 radical (unpaired) electrons. The average molecular weight is 389 g/mol. The summed E-state index contributed by atoms with van der Waals surface area (Å²) in [4.78, 5) is 27.0. The van der Waals surface area contributed by atoms with E-state index in [4.69, 9.17) is 9.84 Å². The largest absolute Gasteiger partial charge is 0.480 e. The summed E-state index contributed by atoms with van der Waals surface area (Å²) in [6, 6.07) is 6.41. The molecule has 1 aromatic carbocycles. The fourth-order valence-electron chi connectivity index (χ4n) is 4.04. The van der Waals surface area contributed by atoms with Crippen LogP contribution in [-0.4, -0.2) is 72.8 Å². The first kappa shape index (κ1) is 20.6. The molecule has 154 valence electrons. The monoisotopic (exact) mass is 389 g/mol. The molecule has 28 heavy (non-hydrogen) atoms. The van der Waals surface area contributed by atoms with Crippen molar-refractivity contribution in [1.29, 1.82) is 0 Å². The maximum Gasteiger partial charge on any atom is 0.318 e. The molecule has 7 nitrogen and oxygen atoms in total. The van der Waals surface area contributed by atoms with Crippen LogP contribution in [0.2, 0.25) is 0 Å². The Morgan fingerprint density at radius 1 is 1.32 bits per heavy atom. The molecule has 2 aliphatic rings. The SMILES string of the molecule is C[C@@H](NC(=O)N1CCOC(CN(C)CC(=O)O)C1)c1ccc2c(c1)CCCC2. The summed E-state index contributed by atoms with van der Waals surface area (Å²) < 4.78 is 5.71. The van der Waals surface area contributed by atoms with Gasteiger partial charge < -0.3 is 20.1 Å². The molecule has 0 spiro atoms. The van der Waals surface area contributed by atoms with Gasteiger partial charge in [0, 0.05) is 19.6 Å². The summed E-state index contributed by atoms with van der Waals surface area (Å²) in [5, 5.41) is 12.0. The third kappa shape index (κ3) is 5.45. The van der Waals surface area contributed by atoms with E-state index in [1.165, 1.54) is 24.0 Å². The standard InChI is InChI=1S/C21H31N3O4/c1-15(17-8-7-16-5-3-4-6-18(16)11-17)22-21(27)24-9-10-28-19(13-24)12-23(2)14-20(25)26/h7-8,11,15,19H,3-6,9-10,12-14H2,1-2H3,(H,22,27)(H,25,26)/t15-,19?/m1/s1. The molecule has 1 aromatic rings. The van der Waals surface area contributed by atoms with Crippen molar-refractivity contribution in [3.63, 3.8) is 0 Å². The number of ether oxygens (including phenoxy) is 1. The van der Waals surface area contributed by atoms with Gasteiger partial charge in [-0.05, 0) is 56.3 Å². The lowest BCUT2D eigenvalue weighted by Gasteiger charge is -2.35. The number of likely N-dealkylation sites (N-methyl/N-ethyl adjacent to an activating group) is 1. The molecule has 2 atom stereocenters. The number of urea groups is 1. The summed E-state index contributed by atoms with van der Waals surface area (Å²) in [5.41, 5.74) is 3.99. The number of nitrogens with one attached hydrogen (secondary N) is 1. The molecule has 7 heteroatoms. The molecule has 2 amide bonds. The van der Waals surface area contributed by atoms with E-state index in [9.17, 15) is 9.59 Å². The van der Waals surface area contributed by atoms with Crippen LogP contribution in [-0.2, 0) is 22.4 Å². The van der Waals surface area contributed by atoms with Crippen LogP contribution < -0.4 is 5.32 Å². The molecule has 2 N–H and O–H groups in total. The van der Waals surface area contributed by atoms with Gasteiger partial charge in [-0.15, -0.1) is 0 Å². The van der Waals surface area contributed by atoms with Gasteiger partial charge in [-0.3, -0.25) is 9.69 Å². The van der Waals surface area contributed by atoms with Crippen molar-refractivity contribution in [2.75, 3.05) is 39.8 Å². The van der Waals surface area contributed by atoms with E-state index in [0.29, 0.717) is 26.2 Å². The van der Waals surface area contributed by atoms with Gasteiger partial charge in [0.1, 0.15) is 0 Å². The Hall–Kier alpha value is -2.12. The Labute approximate surface area is 166 Å². The summed E-state index contributed by atoms with van der Waals surface area (Å²) in [6.45, 7) is 3.93. The number of benzene rings is 1. The second-order valence-electron chi connectivity index (χ2n) is 7.94. The highest BCUT2D eigenvalue weighted by Crippen LogP contribution is 2.25. The molecule has 0 saturated carbocycles. The van der Waals surface area contributed by atoms with Gasteiger partial charge in [-0.1, -0.05) is 18.2 Å². The molecule has 1 unspecified atom stereocenters. The molecular weight excluding hydrogens is 358 g/mol. The van der Waals surface area contributed by atoms with Gasteiger partial charge in [-0.2, -0.15) is 0 Å². The highest BCUT2D eigenvalue weighted by Gasteiger charge is 2.26. The summed E-state index contributed by atoms with van der Waals surface area (Å²) in [7, 11) is 1.74. The normalized spacial score (nSPS) is 20.5. The minimum absolute atomic E-state index is 0.0403. The maximum absolute atomic E-state index is 12.7. The second kappa shape index (κ2) is 9.39. The van der Waals surface area contributed by atoms with Gasteiger partial charge in [0.2, 0.25) is 0 Å². The van der Waals surface area contributed by atoms with E-state index in [1.54, 1.807) is 16.8 Å². The molecule has 1 aliphatic heterocycles. The zero-order chi connectivity index (χ0) is 20.1. The van der Waals surface area contributed by atoms with Gasteiger partial charge in [-0.25, -0.2) is 4.79 Å². The lowest BCUT2D eigenvalue weighted by atomic mass is 9.89. The molecular formula is C21H31N3O4. The Morgan fingerprint density at radius 3 is 2.82 bits per heavy atom. The minimum Gasteiger partial charge on any atom is -0.480 e. The number of morpholine rings is 1. The number of aliphatic carboxylic acids is 1. The van der Waals surface area contributed by atoms with E-state index in [1.807, 2.05) is 6.92 Å². The smallest absolute Gasteiger partial charge is 0.318 e. The number of aryl methyl sites for hydroxylation is 2. The van der Waals surface area contributed by atoms with Crippen LogP contribution in [0.25, 0.3) is 0 Å². The first-order chi connectivity index (χ1) is 13.4. The van der Waals surface area contributed by atoms with E-state index < -0.39 is 5.97 Å². The fraction of sp³-hybridized carbons (Fsp3) is 0.619. The number of hydrogen-bond donors (Lipinski definition) is 2. The summed E-state index contributed by atoms with van der Waals surface area (Å²) in [6.07, 6.45) is 4.60. The fourth-order valence-corrected chi connectivity index (χ4v) is 4.04. The number of amides is 2. The Balaban J connectivity index is 1.54. The molecule has 0 aromatic heterocycles. The Morgan fingerprint density at radius 2 is 2.07 bits per heavy atom. The number of nitrogens with zero attached hydrogens (tertiary/aromatic N) is 2. The number of hydrogen-bond acceptors (Lipinski definition) is 4. The average Bonchev–Trinajstić information content (AvgIpc) is 2.67. The molecule has 1 heterocycles. The van der Waals surface area contributed by atoms with Crippen molar-refractivity contribution in [2.24, 2.45) is 0 Å². The summed E-state index contributed by atoms with van der Waals surface area (Å²) >= 11 is 0. The topological polar surface area (TPSA) is 82.1 Å². The number of fused-ring (bicyclic) bond motifs is 1. The molecule has 0 bridgehead atoms. The highest BCUT2D eigenvalue weighted by molar-refractivity contribution is 5.75. The van der Waals surface area contributed by atoms with Crippen molar-refractivity contribution < 1.29 is 19.4 Å². The molecule has 1 fully saturated rings. The predicted molar refractivity (Wildman–Crippen MR) is 106 cm³/mol. The van der Waals surface area contributed by atoms with Gasteiger partial charge in [0.15, 0.2) is 0 Å². The maximum atomic E-state index is 12.7.